The summed E-state index contributed by atoms with van der Waals surface area (Å²) in [5, 5.41) is 2.58. The van der Waals surface area contributed by atoms with Crippen LogP contribution in [0.15, 0.2) is 24.3 Å². The lowest BCUT2D eigenvalue weighted by molar-refractivity contribution is -0.110. The summed E-state index contributed by atoms with van der Waals surface area (Å²) >= 11 is 4.52. The molecule has 1 aromatic rings. The first-order valence-electron chi connectivity index (χ1n) is 3.77. The van der Waals surface area contributed by atoms with Gasteiger partial charge in [-0.25, -0.2) is 0 Å². The monoisotopic (exact) mass is 194 g/mol. The van der Waals surface area contributed by atoms with Crippen molar-refractivity contribution in [3.05, 3.63) is 29.8 Å². The van der Waals surface area contributed by atoms with Crippen molar-refractivity contribution in [2.75, 3.05) is 5.32 Å². The Hall–Kier alpha value is -1.42. The molecule has 1 aromatic carbocycles. The van der Waals surface area contributed by atoms with E-state index < -0.39 is 5.91 Å². The number of anilines is 1. The van der Waals surface area contributed by atoms with Crippen LogP contribution in [0.4, 0.5) is 5.69 Å². The van der Waals surface area contributed by atoms with Crippen LogP contribution in [0.5, 0.6) is 0 Å². The second-order valence-electron chi connectivity index (χ2n) is 2.69. The molecule has 0 unspecified atom stereocenters. The average molecular weight is 194 g/mol. The zero-order chi connectivity index (χ0) is 9.84. The Morgan fingerprint density at radius 3 is 2.77 bits per heavy atom. The average Bonchev–Trinajstić information content (AvgIpc) is 2.04. The summed E-state index contributed by atoms with van der Waals surface area (Å²) in [5.74, 6) is -0.430. The minimum Gasteiger partial charge on any atom is -0.385 e. The molecule has 0 aromatic heterocycles. The fourth-order valence-electron chi connectivity index (χ4n) is 0.916. The molecule has 0 aliphatic carbocycles. The molecule has 68 valence electrons. The van der Waals surface area contributed by atoms with Crippen LogP contribution in [0.1, 0.15) is 5.56 Å². The first kappa shape index (κ1) is 9.67. The van der Waals surface area contributed by atoms with Crippen molar-refractivity contribution in [2.24, 2.45) is 5.73 Å². The maximum absolute atomic E-state index is 11.0. The van der Waals surface area contributed by atoms with E-state index in [0.717, 1.165) is 5.56 Å². The molecule has 0 fully saturated rings. The van der Waals surface area contributed by atoms with Gasteiger partial charge in [0.2, 0.25) is 0 Å². The number of carbonyl (C=O) groups is 1. The third-order valence-electron chi connectivity index (χ3n) is 1.50. The lowest BCUT2D eigenvalue weighted by Crippen LogP contribution is -2.27. The van der Waals surface area contributed by atoms with E-state index in [1.807, 2.05) is 25.1 Å². The summed E-state index contributed by atoms with van der Waals surface area (Å²) in [4.78, 5) is 10.9. The number of nitrogens with two attached hydrogens (primary N) is 1. The second-order valence-corrected chi connectivity index (χ2v) is 3.13. The van der Waals surface area contributed by atoms with Gasteiger partial charge in [-0.15, -0.1) is 0 Å². The Labute approximate surface area is 81.9 Å². The largest absolute Gasteiger partial charge is 0.385 e. The molecular formula is C9H10N2OS. The second kappa shape index (κ2) is 4.00. The van der Waals surface area contributed by atoms with E-state index in [0.29, 0.717) is 5.69 Å². The van der Waals surface area contributed by atoms with Crippen LogP contribution in [0.3, 0.4) is 0 Å². The van der Waals surface area contributed by atoms with Crippen LogP contribution in [-0.2, 0) is 4.79 Å². The summed E-state index contributed by atoms with van der Waals surface area (Å²) in [6.45, 7) is 1.94. The van der Waals surface area contributed by atoms with Crippen LogP contribution in [0, 0.1) is 6.92 Å². The molecule has 3 nitrogen and oxygen atoms in total. The fourth-order valence-corrected chi connectivity index (χ4v) is 0.967. The van der Waals surface area contributed by atoms with Crippen molar-refractivity contribution in [3.63, 3.8) is 0 Å². The summed E-state index contributed by atoms with van der Waals surface area (Å²) < 4.78 is 0. The smallest absolute Gasteiger partial charge is 0.282 e. The molecule has 3 N–H and O–H groups in total. The summed E-state index contributed by atoms with van der Waals surface area (Å²) in [6, 6.07) is 7.42. The Balaban J connectivity index is 2.75. The van der Waals surface area contributed by atoms with Gasteiger partial charge in [0.15, 0.2) is 4.99 Å². The molecule has 0 spiro atoms. The SMILES string of the molecule is Cc1cccc(NC(=O)C(N)=S)c1. The first-order valence-corrected chi connectivity index (χ1v) is 4.18. The minimum absolute atomic E-state index is 0.151. The maximum Gasteiger partial charge on any atom is 0.282 e. The highest BCUT2D eigenvalue weighted by molar-refractivity contribution is 7.82. The highest BCUT2D eigenvalue weighted by atomic mass is 32.1. The van der Waals surface area contributed by atoms with E-state index >= 15 is 0 Å². The lowest BCUT2D eigenvalue weighted by atomic mass is 10.2. The standard InChI is InChI=1S/C9H10N2OS/c1-6-3-2-4-7(5-6)11-9(12)8(10)13/h2-5H,1H3,(H2,10,13)(H,11,12). The number of rotatable bonds is 1. The molecule has 4 heteroatoms. The lowest BCUT2D eigenvalue weighted by Gasteiger charge is -2.03. The maximum atomic E-state index is 11.0. The zero-order valence-electron chi connectivity index (χ0n) is 7.20. The highest BCUT2D eigenvalue weighted by Crippen LogP contribution is 2.08. The highest BCUT2D eigenvalue weighted by Gasteiger charge is 2.03. The quantitative estimate of drug-likeness (QED) is 0.661. The van der Waals surface area contributed by atoms with Gasteiger partial charge >= 0.3 is 0 Å². The Morgan fingerprint density at radius 2 is 2.23 bits per heavy atom. The first-order chi connectivity index (χ1) is 6.09. The van der Waals surface area contributed by atoms with Crippen molar-refractivity contribution >= 4 is 28.8 Å². The molecule has 0 atom stereocenters. The molecule has 1 rings (SSSR count). The molecule has 0 aliphatic heterocycles. The molecule has 0 aliphatic rings. The van der Waals surface area contributed by atoms with Crippen LogP contribution in [0.2, 0.25) is 0 Å². The van der Waals surface area contributed by atoms with Gasteiger partial charge in [0.25, 0.3) is 5.91 Å². The van der Waals surface area contributed by atoms with E-state index in [1.165, 1.54) is 0 Å². The predicted molar refractivity (Wildman–Crippen MR) is 56.6 cm³/mol. The number of carbonyl (C=O) groups excluding carboxylic acids is 1. The van der Waals surface area contributed by atoms with Crippen LogP contribution < -0.4 is 11.1 Å². The van der Waals surface area contributed by atoms with Gasteiger partial charge in [0, 0.05) is 5.69 Å². The van der Waals surface area contributed by atoms with Crippen LogP contribution in [-0.4, -0.2) is 10.9 Å². The minimum atomic E-state index is -0.430. The molecule has 0 radical (unpaired) electrons. The third-order valence-corrected chi connectivity index (χ3v) is 1.69. The van der Waals surface area contributed by atoms with Gasteiger partial charge in [0.05, 0.1) is 0 Å². The number of nitrogens with one attached hydrogen (secondary N) is 1. The Bertz CT molecular complexity index is 349. The van der Waals surface area contributed by atoms with Crippen molar-refractivity contribution in [2.45, 2.75) is 6.92 Å². The van der Waals surface area contributed by atoms with Crippen molar-refractivity contribution in [3.8, 4) is 0 Å². The van der Waals surface area contributed by atoms with E-state index in [1.54, 1.807) is 6.07 Å². The molecule has 1 amide bonds. The van der Waals surface area contributed by atoms with E-state index in [9.17, 15) is 4.79 Å². The summed E-state index contributed by atoms with van der Waals surface area (Å²) in [6.07, 6.45) is 0. The molecule has 0 saturated carbocycles. The van der Waals surface area contributed by atoms with E-state index in [-0.39, 0.29) is 4.99 Å². The van der Waals surface area contributed by atoms with Gasteiger partial charge in [-0.05, 0) is 24.6 Å². The number of thiocarbonyl (C=S) groups is 1. The fraction of sp³-hybridized carbons (Fsp3) is 0.111. The van der Waals surface area contributed by atoms with Crippen molar-refractivity contribution < 1.29 is 4.79 Å². The Kier molecular flexibility index (Phi) is 2.97. The van der Waals surface area contributed by atoms with Crippen LogP contribution in [0.25, 0.3) is 0 Å². The number of aryl methyl sites for hydroxylation is 1. The summed E-state index contributed by atoms with van der Waals surface area (Å²) in [7, 11) is 0. The molecule has 0 saturated heterocycles. The number of benzene rings is 1. The third kappa shape index (κ3) is 2.83. The Morgan fingerprint density at radius 1 is 1.54 bits per heavy atom. The zero-order valence-corrected chi connectivity index (χ0v) is 8.02. The number of amides is 1. The van der Waals surface area contributed by atoms with Gasteiger partial charge < -0.3 is 11.1 Å². The predicted octanol–water partition coefficient (Wildman–Crippen LogP) is 1.22. The normalized spacial score (nSPS) is 9.31. The summed E-state index contributed by atoms with van der Waals surface area (Å²) in [5.41, 5.74) is 6.92. The van der Waals surface area contributed by atoms with E-state index in [2.05, 4.69) is 17.5 Å². The van der Waals surface area contributed by atoms with Gasteiger partial charge in [-0.2, -0.15) is 0 Å². The van der Waals surface area contributed by atoms with Crippen LogP contribution >= 0.6 is 12.2 Å². The van der Waals surface area contributed by atoms with E-state index in [4.69, 9.17) is 5.73 Å². The number of hydrogen-bond donors (Lipinski definition) is 2. The molecule has 13 heavy (non-hydrogen) atoms. The molecule has 0 bridgehead atoms. The topological polar surface area (TPSA) is 55.1 Å². The van der Waals surface area contributed by atoms with Crippen molar-refractivity contribution in [1.29, 1.82) is 0 Å². The van der Waals surface area contributed by atoms with Gasteiger partial charge in [-0.3, -0.25) is 4.79 Å². The van der Waals surface area contributed by atoms with Gasteiger partial charge in [-0.1, -0.05) is 24.4 Å². The van der Waals surface area contributed by atoms with Gasteiger partial charge in [0.1, 0.15) is 0 Å². The molecule has 0 heterocycles. The number of hydrogen-bond acceptors (Lipinski definition) is 2. The molecular weight excluding hydrogens is 184 g/mol. The van der Waals surface area contributed by atoms with Crippen molar-refractivity contribution in [1.82, 2.24) is 0 Å².